The molecular weight excluding hydrogens is 260 g/mol. The van der Waals surface area contributed by atoms with E-state index in [0.29, 0.717) is 0 Å². The number of hydrogen-bond donors (Lipinski definition) is 3. The van der Waals surface area contributed by atoms with Gasteiger partial charge in [0.25, 0.3) is 5.91 Å². The first kappa shape index (κ1) is 14.3. The van der Waals surface area contributed by atoms with Crippen LogP contribution in [0.15, 0.2) is 30.3 Å². The van der Waals surface area contributed by atoms with E-state index in [-0.39, 0.29) is 13.3 Å². The van der Waals surface area contributed by atoms with Gasteiger partial charge in [0.1, 0.15) is 11.6 Å². The molecule has 0 aliphatic rings. The molecule has 0 saturated heterocycles. The van der Waals surface area contributed by atoms with Crippen molar-refractivity contribution in [2.75, 3.05) is 0 Å². The van der Waals surface area contributed by atoms with Gasteiger partial charge in [-0.1, -0.05) is 30.3 Å². The Morgan fingerprint density at radius 2 is 2.05 bits per heavy atom. The first-order valence-corrected chi connectivity index (χ1v) is 6.14. The number of rotatable bonds is 4. The molecule has 0 heterocycles. The fourth-order valence-corrected chi connectivity index (χ4v) is 1.56. The van der Waals surface area contributed by atoms with Crippen molar-refractivity contribution in [2.24, 2.45) is 0 Å². The van der Waals surface area contributed by atoms with Gasteiger partial charge in [0.15, 0.2) is 0 Å². The number of carbonyl (C=O) groups excluding carboxylic acids is 2. The van der Waals surface area contributed by atoms with Crippen molar-refractivity contribution in [1.82, 2.24) is 10.8 Å². The molecule has 20 heavy (non-hydrogen) atoms. The lowest BCUT2D eigenvalue weighted by Crippen LogP contribution is -2.48. The van der Waals surface area contributed by atoms with Crippen LogP contribution in [0.5, 0.6) is 0 Å². The SMILES string of the molecule is [2H]CC(C)(C)OC(=O)N[C@@H](Cc1ccccc1)C(=O)NO. The Kier molecular flexibility index (Phi) is 4.95. The van der Waals surface area contributed by atoms with Crippen LogP contribution in [0.4, 0.5) is 4.79 Å². The molecule has 0 aliphatic heterocycles. The molecule has 6 heteroatoms. The van der Waals surface area contributed by atoms with E-state index in [0.717, 1.165) is 5.56 Å². The van der Waals surface area contributed by atoms with Crippen molar-refractivity contribution in [1.29, 1.82) is 0 Å². The van der Waals surface area contributed by atoms with E-state index >= 15 is 0 Å². The summed E-state index contributed by atoms with van der Waals surface area (Å²) in [6, 6.07) is 8.10. The molecule has 1 aromatic rings. The summed E-state index contributed by atoms with van der Waals surface area (Å²) >= 11 is 0. The maximum absolute atomic E-state index is 11.8. The van der Waals surface area contributed by atoms with Gasteiger partial charge in [0, 0.05) is 7.79 Å². The molecule has 0 fully saturated rings. The molecule has 0 spiro atoms. The lowest BCUT2D eigenvalue weighted by molar-refractivity contribution is -0.131. The minimum absolute atomic E-state index is 0.101. The van der Waals surface area contributed by atoms with Crippen molar-refractivity contribution < 1.29 is 20.9 Å². The minimum Gasteiger partial charge on any atom is -0.444 e. The zero-order chi connectivity index (χ0) is 15.9. The molecule has 0 aromatic heterocycles. The lowest BCUT2D eigenvalue weighted by atomic mass is 10.1. The second kappa shape index (κ2) is 6.91. The summed E-state index contributed by atoms with van der Waals surface area (Å²) in [7, 11) is 0. The zero-order valence-corrected chi connectivity index (χ0v) is 11.6. The van der Waals surface area contributed by atoms with Crippen LogP contribution in [0.3, 0.4) is 0 Å². The summed E-state index contributed by atoms with van der Waals surface area (Å²) in [4.78, 5) is 23.4. The van der Waals surface area contributed by atoms with Crippen molar-refractivity contribution in [3.05, 3.63) is 35.9 Å². The summed E-state index contributed by atoms with van der Waals surface area (Å²) < 4.78 is 12.3. The number of ether oxygens (including phenoxy) is 1. The molecule has 6 nitrogen and oxygen atoms in total. The first-order chi connectivity index (χ1) is 9.88. The molecule has 0 radical (unpaired) electrons. The number of carbonyl (C=O) groups is 2. The third-order valence-corrected chi connectivity index (χ3v) is 2.37. The number of hydrogen-bond acceptors (Lipinski definition) is 4. The molecule has 0 aliphatic carbocycles. The number of benzene rings is 1. The first-order valence-electron chi connectivity index (χ1n) is 6.85. The predicted molar refractivity (Wildman–Crippen MR) is 73.2 cm³/mol. The van der Waals surface area contributed by atoms with Crippen molar-refractivity contribution >= 4 is 12.0 Å². The third-order valence-electron chi connectivity index (χ3n) is 2.37. The smallest absolute Gasteiger partial charge is 0.408 e. The Morgan fingerprint density at radius 3 is 2.60 bits per heavy atom. The van der Waals surface area contributed by atoms with Gasteiger partial charge in [-0.25, -0.2) is 10.3 Å². The Bertz CT molecular complexity index is 479. The summed E-state index contributed by atoms with van der Waals surface area (Å²) in [5.74, 6) is -0.737. The lowest BCUT2D eigenvalue weighted by Gasteiger charge is -2.22. The van der Waals surface area contributed by atoms with Gasteiger partial charge in [0.2, 0.25) is 0 Å². The van der Waals surface area contributed by atoms with Crippen LogP contribution in [-0.4, -0.2) is 28.9 Å². The third kappa shape index (κ3) is 5.71. The van der Waals surface area contributed by atoms with Crippen LogP contribution >= 0.6 is 0 Å². The quantitative estimate of drug-likeness (QED) is 0.578. The van der Waals surface area contributed by atoms with Crippen LogP contribution in [0, 0.1) is 0 Å². The summed E-state index contributed by atoms with van der Waals surface area (Å²) in [5.41, 5.74) is 1.40. The van der Waals surface area contributed by atoms with Gasteiger partial charge < -0.3 is 10.1 Å². The number of alkyl carbamates (subject to hydrolysis) is 1. The van der Waals surface area contributed by atoms with Crippen LogP contribution in [-0.2, 0) is 16.0 Å². The molecule has 1 rings (SSSR count). The minimum atomic E-state index is -0.966. The molecule has 1 aromatic carbocycles. The van der Waals surface area contributed by atoms with E-state index in [1.165, 1.54) is 5.48 Å². The van der Waals surface area contributed by atoms with Gasteiger partial charge >= 0.3 is 6.09 Å². The Hall–Kier alpha value is -2.08. The van der Waals surface area contributed by atoms with E-state index in [4.69, 9.17) is 11.3 Å². The largest absolute Gasteiger partial charge is 0.444 e. The second-order valence-electron chi connectivity index (χ2n) is 5.01. The maximum atomic E-state index is 11.8. The van der Waals surface area contributed by atoms with E-state index in [1.54, 1.807) is 26.0 Å². The van der Waals surface area contributed by atoms with E-state index < -0.39 is 23.6 Å². The van der Waals surface area contributed by atoms with Gasteiger partial charge in [-0.3, -0.25) is 10.0 Å². The summed E-state index contributed by atoms with van der Waals surface area (Å²) in [6.07, 6.45) is -0.597. The van der Waals surface area contributed by atoms with Crippen molar-refractivity contribution in [2.45, 2.75) is 38.8 Å². The van der Waals surface area contributed by atoms with Crippen molar-refractivity contribution in [3.63, 3.8) is 0 Å². The number of hydroxylamine groups is 1. The highest BCUT2D eigenvalue weighted by Gasteiger charge is 2.24. The highest BCUT2D eigenvalue weighted by molar-refractivity contribution is 5.85. The fourth-order valence-electron chi connectivity index (χ4n) is 1.56. The molecule has 2 amide bonds. The maximum Gasteiger partial charge on any atom is 0.408 e. The number of nitrogens with one attached hydrogen (secondary N) is 2. The number of amides is 2. The zero-order valence-electron chi connectivity index (χ0n) is 12.6. The van der Waals surface area contributed by atoms with Crippen LogP contribution in [0.1, 0.15) is 27.7 Å². The van der Waals surface area contributed by atoms with E-state index in [9.17, 15) is 9.59 Å². The van der Waals surface area contributed by atoms with Gasteiger partial charge in [-0.15, -0.1) is 0 Å². The monoisotopic (exact) mass is 281 g/mol. The summed E-state index contributed by atoms with van der Waals surface area (Å²) in [6.45, 7) is 3.09. The Morgan fingerprint density at radius 1 is 1.40 bits per heavy atom. The normalized spacial score (nSPS) is 13.1. The standard InChI is InChI=1S/C14H20N2O4/c1-14(2,3)20-13(18)15-11(12(17)16-19)9-10-7-5-4-6-8-10/h4-8,11,19H,9H2,1-3H3,(H,15,18)(H,16,17)/t11-/m0/s1/i1D. The van der Waals surface area contributed by atoms with E-state index in [2.05, 4.69) is 5.32 Å². The van der Waals surface area contributed by atoms with Gasteiger partial charge in [0.05, 0.1) is 0 Å². The van der Waals surface area contributed by atoms with E-state index in [1.807, 2.05) is 18.2 Å². The average molecular weight is 281 g/mol. The van der Waals surface area contributed by atoms with Gasteiger partial charge in [-0.05, 0) is 26.3 Å². The van der Waals surface area contributed by atoms with Crippen LogP contribution in [0.25, 0.3) is 0 Å². The molecule has 1 atom stereocenters. The Balaban J connectivity index is 2.71. The highest BCUT2D eigenvalue weighted by Crippen LogP contribution is 2.08. The average Bonchev–Trinajstić information content (AvgIpc) is 2.46. The van der Waals surface area contributed by atoms with Gasteiger partial charge in [-0.2, -0.15) is 0 Å². The van der Waals surface area contributed by atoms with Crippen molar-refractivity contribution in [3.8, 4) is 0 Å². The molecule has 110 valence electrons. The highest BCUT2D eigenvalue weighted by atomic mass is 16.6. The molecule has 0 saturated carbocycles. The van der Waals surface area contributed by atoms with Crippen LogP contribution < -0.4 is 10.8 Å². The predicted octanol–water partition coefficient (Wildman–Crippen LogP) is 1.63. The summed E-state index contributed by atoms with van der Waals surface area (Å²) in [5, 5.41) is 11.1. The molecule has 0 unspecified atom stereocenters. The fraction of sp³-hybridized carbons (Fsp3) is 0.429. The van der Waals surface area contributed by atoms with Crippen LogP contribution in [0.2, 0.25) is 0 Å². The molecular formula is C14H20N2O4. The molecule has 0 bridgehead atoms. The second-order valence-corrected chi connectivity index (χ2v) is 5.01. The Labute approximate surface area is 119 Å². The molecule has 3 N–H and O–H groups in total. The topological polar surface area (TPSA) is 87.7 Å².